The Balaban J connectivity index is 2.15. The van der Waals surface area contributed by atoms with Gasteiger partial charge >= 0.3 is 0 Å². The quantitative estimate of drug-likeness (QED) is 0.720. The van der Waals surface area contributed by atoms with Crippen LogP contribution in [0.25, 0.3) is 17.1 Å². The van der Waals surface area contributed by atoms with Gasteiger partial charge in [-0.05, 0) is 46.8 Å². The fraction of sp³-hybridized carbons (Fsp3) is 0. The molecule has 0 amide bonds. The zero-order chi connectivity index (χ0) is 14.1. The molecule has 0 atom stereocenters. The molecular formula is C13H9BrClN5. The van der Waals surface area contributed by atoms with Crippen LogP contribution >= 0.6 is 27.5 Å². The summed E-state index contributed by atoms with van der Waals surface area (Å²) in [5, 5.41) is 12.3. The highest BCUT2D eigenvalue weighted by Crippen LogP contribution is 2.26. The van der Waals surface area contributed by atoms with Crippen LogP contribution in [0.3, 0.4) is 0 Å². The number of halogens is 2. The number of benzene rings is 2. The van der Waals surface area contributed by atoms with Gasteiger partial charge in [0.05, 0.1) is 5.69 Å². The molecule has 0 aliphatic heterocycles. The van der Waals surface area contributed by atoms with Gasteiger partial charge in [0.15, 0.2) is 5.82 Å². The van der Waals surface area contributed by atoms with E-state index in [1.807, 2.05) is 24.3 Å². The molecule has 100 valence electrons. The molecule has 2 N–H and O–H groups in total. The van der Waals surface area contributed by atoms with Crippen molar-refractivity contribution in [3.8, 4) is 17.1 Å². The van der Waals surface area contributed by atoms with Crippen LogP contribution in [0.5, 0.6) is 0 Å². The summed E-state index contributed by atoms with van der Waals surface area (Å²) >= 11 is 9.45. The third-order valence-electron chi connectivity index (χ3n) is 2.70. The van der Waals surface area contributed by atoms with Crippen LogP contribution in [-0.4, -0.2) is 20.2 Å². The number of aromatic nitrogens is 4. The Hall–Kier alpha value is -1.92. The molecule has 0 radical (unpaired) electrons. The summed E-state index contributed by atoms with van der Waals surface area (Å²) in [6.45, 7) is 0. The van der Waals surface area contributed by atoms with Gasteiger partial charge in [-0.1, -0.05) is 33.6 Å². The van der Waals surface area contributed by atoms with E-state index in [0.29, 0.717) is 16.5 Å². The highest BCUT2D eigenvalue weighted by molar-refractivity contribution is 9.10. The maximum Gasteiger partial charge on any atom is 0.187 e. The molecule has 0 unspecified atom stereocenters. The van der Waals surface area contributed by atoms with Crippen LogP contribution in [0.1, 0.15) is 0 Å². The van der Waals surface area contributed by atoms with Crippen LogP contribution in [0.15, 0.2) is 46.9 Å². The highest BCUT2D eigenvalue weighted by Gasteiger charge is 2.12. The SMILES string of the molecule is Nc1cc(Cl)cc(-c2nnnn2-c2cccc(Br)c2)c1. The molecule has 0 aliphatic carbocycles. The van der Waals surface area contributed by atoms with Crippen molar-refractivity contribution < 1.29 is 0 Å². The molecule has 1 heterocycles. The minimum Gasteiger partial charge on any atom is -0.399 e. The Labute approximate surface area is 128 Å². The minimum atomic E-state index is 0.545. The normalized spacial score (nSPS) is 10.7. The van der Waals surface area contributed by atoms with Gasteiger partial charge in [0.25, 0.3) is 0 Å². The molecule has 0 fully saturated rings. The Bertz CT molecular complexity index is 751. The van der Waals surface area contributed by atoms with Crippen LogP contribution in [0, 0.1) is 0 Å². The van der Waals surface area contributed by atoms with E-state index in [4.69, 9.17) is 17.3 Å². The molecule has 20 heavy (non-hydrogen) atoms. The molecule has 3 rings (SSSR count). The second-order valence-corrected chi connectivity index (χ2v) is 5.52. The molecule has 3 aromatic rings. The number of nitrogen functional groups attached to an aromatic ring is 1. The molecule has 0 saturated heterocycles. The Morgan fingerprint density at radius 2 is 2.00 bits per heavy atom. The summed E-state index contributed by atoms with van der Waals surface area (Å²) in [4.78, 5) is 0. The first-order chi connectivity index (χ1) is 9.63. The van der Waals surface area contributed by atoms with E-state index in [1.54, 1.807) is 22.9 Å². The zero-order valence-corrected chi connectivity index (χ0v) is 12.5. The topological polar surface area (TPSA) is 69.6 Å². The molecule has 0 aliphatic rings. The van der Waals surface area contributed by atoms with E-state index in [9.17, 15) is 0 Å². The van der Waals surface area contributed by atoms with Crippen LogP contribution in [0.2, 0.25) is 5.02 Å². The summed E-state index contributed by atoms with van der Waals surface area (Å²) in [7, 11) is 0. The number of anilines is 1. The van der Waals surface area contributed by atoms with Crippen LogP contribution < -0.4 is 5.73 Å². The molecule has 1 aromatic heterocycles. The van der Waals surface area contributed by atoms with E-state index in [-0.39, 0.29) is 0 Å². The second kappa shape index (κ2) is 5.22. The molecule has 5 nitrogen and oxygen atoms in total. The van der Waals surface area contributed by atoms with Crippen LogP contribution in [0.4, 0.5) is 5.69 Å². The standard InChI is InChI=1S/C13H9BrClN5/c14-9-2-1-3-12(6-9)20-13(17-18-19-20)8-4-10(15)7-11(16)5-8/h1-7H,16H2. The summed E-state index contributed by atoms with van der Waals surface area (Å²) in [6.07, 6.45) is 0. The molecule has 2 aromatic carbocycles. The number of nitrogens with two attached hydrogens (primary N) is 1. The van der Waals surface area contributed by atoms with E-state index in [0.717, 1.165) is 15.7 Å². The lowest BCUT2D eigenvalue weighted by atomic mass is 10.2. The molecule has 0 bridgehead atoms. The monoisotopic (exact) mass is 349 g/mol. The van der Waals surface area contributed by atoms with E-state index < -0.39 is 0 Å². The van der Waals surface area contributed by atoms with Gasteiger partial charge in [-0.3, -0.25) is 0 Å². The summed E-state index contributed by atoms with van der Waals surface area (Å²) < 4.78 is 2.58. The number of rotatable bonds is 2. The van der Waals surface area contributed by atoms with Crippen molar-refractivity contribution in [1.82, 2.24) is 20.2 Å². The van der Waals surface area contributed by atoms with Gasteiger partial charge in [0, 0.05) is 20.7 Å². The van der Waals surface area contributed by atoms with Crippen molar-refractivity contribution in [2.75, 3.05) is 5.73 Å². The number of tetrazole rings is 1. The van der Waals surface area contributed by atoms with Gasteiger partial charge in [-0.25, -0.2) is 0 Å². The number of hydrogen-bond acceptors (Lipinski definition) is 4. The Morgan fingerprint density at radius 3 is 2.75 bits per heavy atom. The van der Waals surface area contributed by atoms with Gasteiger partial charge in [0.1, 0.15) is 0 Å². The molecule has 0 spiro atoms. The maximum absolute atomic E-state index is 6.03. The van der Waals surface area contributed by atoms with Gasteiger partial charge < -0.3 is 5.73 Å². The van der Waals surface area contributed by atoms with Gasteiger partial charge in [-0.15, -0.1) is 5.10 Å². The van der Waals surface area contributed by atoms with Crippen molar-refractivity contribution >= 4 is 33.2 Å². The average molecular weight is 351 g/mol. The number of nitrogens with zero attached hydrogens (tertiary/aromatic N) is 4. The zero-order valence-electron chi connectivity index (χ0n) is 10.2. The lowest BCUT2D eigenvalue weighted by Gasteiger charge is -2.06. The Kier molecular flexibility index (Phi) is 3.42. The second-order valence-electron chi connectivity index (χ2n) is 4.17. The first-order valence-corrected chi connectivity index (χ1v) is 6.91. The predicted molar refractivity (Wildman–Crippen MR) is 81.7 cm³/mol. The van der Waals surface area contributed by atoms with Crippen molar-refractivity contribution in [3.05, 3.63) is 52.0 Å². The highest BCUT2D eigenvalue weighted by atomic mass is 79.9. The third kappa shape index (κ3) is 2.52. The molecule has 0 saturated carbocycles. The van der Waals surface area contributed by atoms with Crippen LogP contribution in [-0.2, 0) is 0 Å². The van der Waals surface area contributed by atoms with Crippen molar-refractivity contribution in [1.29, 1.82) is 0 Å². The minimum absolute atomic E-state index is 0.545. The number of hydrogen-bond donors (Lipinski definition) is 1. The third-order valence-corrected chi connectivity index (χ3v) is 3.41. The smallest absolute Gasteiger partial charge is 0.187 e. The predicted octanol–water partition coefficient (Wildman–Crippen LogP) is 3.33. The fourth-order valence-corrected chi connectivity index (χ4v) is 2.52. The first-order valence-electron chi connectivity index (χ1n) is 5.74. The van der Waals surface area contributed by atoms with Crippen molar-refractivity contribution in [2.45, 2.75) is 0 Å². The van der Waals surface area contributed by atoms with Crippen molar-refractivity contribution in [2.24, 2.45) is 0 Å². The molecule has 7 heteroatoms. The largest absolute Gasteiger partial charge is 0.399 e. The average Bonchev–Trinajstić information content (AvgIpc) is 2.86. The van der Waals surface area contributed by atoms with Crippen molar-refractivity contribution in [3.63, 3.8) is 0 Å². The lowest BCUT2D eigenvalue weighted by molar-refractivity contribution is 0.791. The van der Waals surface area contributed by atoms with E-state index in [1.165, 1.54) is 0 Å². The Morgan fingerprint density at radius 1 is 1.15 bits per heavy atom. The first kappa shape index (κ1) is 13.1. The van der Waals surface area contributed by atoms with Gasteiger partial charge in [0.2, 0.25) is 0 Å². The van der Waals surface area contributed by atoms with E-state index >= 15 is 0 Å². The maximum atomic E-state index is 6.03. The molecular weight excluding hydrogens is 342 g/mol. The summed E-state index contributed by atoms with van der Waals surface area (Å²) in [6, 6.07) is 12.9. The lowest BCUT2D eigenvalue weighted by Crippen LogP contribution is -2.00. The summed E-state index contributed by atoms with van der Waals surface area (Å²) in [5.74, 6) is 0.581. The fourth-order valence-electron chi connectivity index (χ4n) is 1.89. The van der Waals surface area contributed by atoms with E-state index in [2.05, 4.69) is 31.5 Å². The summed E-state index contributed by atoms with van der Waals surface area (Å²) in [5.41, 5.74) is 7.98. The van der Waals surface area contributed by atoms with Gasteiger partial charge in [-0.2, -0.15) is 4.68 Å².